The van der Waals surface area contributed by atoms with Gasteiger partial charge in [-0.25, -0.2) is 12.7 Å². The molecule has 124 valence electrons. The van der Waals surface area contributed by atoms with Gasteiger partial charge in [0.05, 0.1) is 18.4 Å². The van der Waals surface area contributed by atoms with Gasteiger partial charge >= 0.3 is 0 Å². The van der Waals surface area contributed by atoms with Gasteiger partial charge in [0.2, 0.25) is 15.9 Å². The van der Waals surface area contributed by atoms with E-state index in [1.54, 1.807) is 4.68 Å². The molecule has 1 aromatic rings. The van der Waals surface area contributed by atoms with Crippen molar-refractivity contribution in [2.75, 3.05) is 19.3 Å². The van der Waals surface area contributed by atoms with E-state index in [4.69, 9.17) is 0 Å². The molecule has 1 amide bonds. The van der Waals surface area contributed by atoms with Crippen LogP contribution >= 0.6 is 0 Å². The van der Waals surface area contributed by atoms with E-state index in [1.807, 2.05) is 20.9 Å². The second-order valence-electron chi connectivity index (χ2n) is 5.98. The van der Waals surface area contributed by atoms with Crippen molar-refractivity contribution in [2.24, 2.45) is 7.05 Å². The van der Waals surface area contributed by atoms with Gasteiger partial charge in [0.15, 0.2) is 0 Å². The van der Waals surface area contributed by atoms with Crippen molar-refractivity contribution in [2.45, 2.75) is 39.2 Å². The molecule has 1 fully saturated rings. The van der Waals surface area contributed by atoms with Gasteiger partial charge in [-0.2, -0.15) is 5.10 Å². The van der Waals surface area contributed by atoms with Crippen molar-refractivity contribution in [3.63, 3.8) is 0 Å². The van der Waals surface area contributed by atoms with Crippen molar-refractivity contribution in [3.05, 3.63) is 17.0 Å². The molecule has 1 atom stereocenters. The van der Waals surface area contributed by atoms with E-state index in [1.165, 1.54) is 10.6 Å². The Bertz CT molecular complexity index is 666. The topological polar surface area (TPSA) is 84.3 Å². The molecule has 1 aliphatic heterocycles. The molecular weight excluding hydrogens is 304 g/mol. The standard InChI is InChI=1S/C14H24N4O3S/c1-10-13(11(2)17(3)16-10)8-14(19)15-12-6-5-7-18(9-12)22(4,20)21/h12H,5-9H2,1-4H3,(H,15,19). The summed E-state index contributed by atoms with van der Waals surface area (Å²) in [6.45, 7) is 4.72. The van der Waals surface area contributed by atoms with Crippen LogP contribution in [-0.4, -0.2) is 53.8 Å². The van der Waals surface area contributed by atoms with Gasteiger partial charge in [0.1, 0.15) is 0 Å². The van der Waals surface area contributed by atoms with Gasteiger partial charge in [0, 0.05) is 37.4 Å². The predicted molar refractivity (Wildman–Crippen MR) is 84.0 cm³/mol. The molecule has 22 heavy (non-hydrogen) atoms. The van der Waals surface area contributed by atoms with E-state index in [0.717, 1.165) is 29.8 Å². The number of amides is 1. The van der Waals surface area contributed by atoms with Crippen molar-refractivity contribution >= 4 is 15.9 Å². The molecule has 1 aromatic heterocycles. The number of hydrogen-bond donors (Lipinski definition) is 1. The fraction of sp³-hybridized carbons (Fsp3) is 0.714. The molecule has 7 nitrogen and oxygen atoms in total. The minimum absolute atomic E-state index is 0.0837. The van der Waals surface area contributed by atoms with E-state index in [2.05, 4.69) is 10.4 Å². The summed E-state index contributed by atoms with van der Waals surface area (Å²) in [6, 6.07) is -0.117. The van der Waals surface area contributed by atoms with Crippen LogP contribution in [0.1, 0.15) is 29.8 Å². The van der Waals surface area contributed by atoms with Crippen LogP contribution in [0.4, 0.5) is 0 Å². The number of hydrogen-bond acceptors (Lipinski definition) is 4. The van der Waals surface area contributed by atoms with Crippen molar-refractivity contribution in [1.82, 2.24) is 19.4 Å². The lowest BCUT2D eigenvalue weighted by molar-refractivity contribution is -0.121. The number of piperidine rings is 1. The molecular formula is C14H24N4O3S. The molecule has 1 N–H and O–H groups in total. The lowest BCUT2D eigenvalue weighted by Gasteiger charge is -2.31. The Morgan fingerprint density at radius 1 is 1.41 bits per heavy atom. The third-order valence-electron chi connectivity index (χ3n) is 4.21. The van der Waals surface area contributed by atoms with Gasteiger partial charge in [-0.1, -0.05) is 0 Å². The van der Waals surface area contributed by atoms with Crippen LogP contribution in [0.2, 0.25) is 0 Å². The molecule has 0 bridgehead atoms. The zero-order valence-electron chi connectivity index (χ0n) is 13.6. The second-order valence-corrected chi connectivity index (χ2v) is 7.96. The van der Waals surface area contributed by atoms with Crippen LogP contribution < -0.4 is 5.32 Å². The van der Waals surface area contributed by atoms with E-state index in [-0.39, 0.29) is 18.4 Å². The van der Waals surface area contributed by atoms with E-state index in [9.17, 15) is 13.2 Å². The quantitative estimate of drug-likeness (QED) is 0.851. The molecule has 8 heteroatoms. The van der Waals surface area contributed by atoms with Crippen LogP contribution in [0.25, 0.3) is 0 Å². The molecule has 2 rings (SSSR count). The van der Waals surface area contributed by atoms with Crippen LogP contribution in [0.3, 0.4) is 0 Å². The first kappa shape index (κ1) is 17.0. The number of nitrogens with one attached hydrogen (secondary N) is 1. The zero-order chi connectivity index (χ0) is 16.5. The number of aryl methyl sites for hydroxylation is 2. The summed E-state index contributed by atoms with van der Waals surface area (Å²) < 4.78 is 26.4. The molecule has 0 spiro atoms. The zero-order valence-corrected chi connectivity index (χ0v) is 14.4. The van der Waals surface area contributed by atoms with Crippen molar-refractivity contribution in [3.8, 4) is 0 Å². The Hall–Kier alpha value is -1.41. The molecule has 1 saturated heterocycles. The molecule has 0 aromatic carbocycles. The maximum atomic E-state index is 12.2. The number of sulfonamides is 1. The summed E-state index contributed by atoms with van der Waals surface area (Å²) in [6.07, 6.45) is 3.06. The lowest BCUT2D eigenvalue weighted by Crippen LogP contribution is -2.49. The van der Waals surface area contributed by atoms with Gasteiger partial charge in [-0.05, 0) is 26.7 Å². The third kappa shape index (κ3) is 3.86. The minimum atomic E-state index is -3.19. The summed E-state index contributed by atoms with van der Waals surface area (Å²) in [4.78, 5) is 12.2. The second kappa shape index (κ2) is 6.37. The number of nitrogens with zero attached hydrogens (tertiary/aromatic N) is 3. The molecule has 2 heterocycles. The normalized spacial score (nSPS) is 20.1. The maximum Gasteiger partial charge on any atom is 0.224 e. The summed E-state index contributed by atoms with van der Waals surface area (Å²) in [5.41, 5.74) is 2.78. The number of carbonyl (C=O) groups is 1. The highest BCUT2D eigenvalue weighted by Gasteiger charge is 2.27. The Kier molecular flexibility index (Phi) is 4.91. The van der Waals surface area contributed by atoms with Crippen LogP contribution in [0.15, 0.2) is 0 Å². The fourth-order valence-corrected chi connectivity index (χ4v) is 3.79. The number of aromatic nitrogens is 2. The highest BCUT2D eigenvalue weighted by atomic mass is 32.2. The number of carbonyl (C=O) groups excluding carboxylic acids is 1. The Morgan fingerprint density at radius 3 is 2.64 bits per heavy atom. The minimum Gasteiger partial charge on any atom is -0.352 e. The Morgan fingerprint density at radius 2 is 2.09 bits per heavy atom. The first-order valence-corrected chi connectivity index (χ1v) is 9.27. The lowest BCUT2D eigenvalue weighted by atomic mass is 10.1. The van der Waals surface area contributed by atoms with Gasteiger partial charge < -0.3 is 5.32 Å². The van der Waals surface area contributed by atoms with Gasteiger partial charge in [-0.3, -0.25) is 9.48 Å². The van der Waals surface area contributed by atoms with E-state index in [0.29, 0.717) is 13.1 Å². The van der Waals surface area contributed by atoms with Crippen LogP contribution in [0, 0.1) is 13.8 Å². The Labute approximate surface area is 131 Å². The van der Waals surface area contributed by atoms with Crippen molar-refractivity contribution in [1.29, 1.82) is 0 Å². The van der Waals surface area contributed by atoms with E-state index >= 15 is 0 Å². The maximum absolute atomic E-state index is 12.2. The molecule has 0 radical (unpaired) electrons. The summed E-state index contributed by atoms with van der Waals surface area (Å²) in [7, 11) is -1.34. The smallest absolute Gasteiger partial charge is 0.224 e. The molecule has 0 saturated carbocycles. The van der Waals surface area contributed by atoms with Crippen LogP contribution in [-0.2, 0) is 28.3 Å². The van der Waals surface area contributed by atoms with Crippen molar-refractivity contribution < 1.29 is 13.2 Å². The average molecular weight is 328 g/mol. The molecule has 1 aliphatic rings. The average Bonchev–Trinajstić information content (AvgIpc) is 2.65. The monoisotopic (exact) mass is 328 g/mol. The summed E-state index contributed by atoms with van der Waals surface area (Å²) in [5, 5.41) is 7.25. The van der Waals surface area contributed by atoms with Gasteiger partial charge in [-0.15, -0.1) is 0 Å². The first-order valence-electron chi connectivity index (χ1n) is 7.42. The highest BCUT2D eigenvalue weighted by Crippen LogP contribution is 2.15. The number of rotatable bonds is 4. The summed E-state index contributed by atoms with van der Waals surface area (Å²) in [5.74, 6) is -0.0837. The van der Waals surface area contributed by atoms with Gasteiger partial charge in [0.25, 0.3) is 0 Å². The SMILES string of the molecule is Cc1nn(C)c(C)c1CC(=O)NC1CCCN(S(C)(=O)=O)C1. The third-order valence-corrected chi connectivity index (χ3v) is 5.48. The molecule has 1 unspecified atom stereocenters. The molecule has 0 aliphatic carbocycles. The fourth-order valence-electron chi connectivity index (χ4n) is 2.87. The van der Waals surface area contributed by atoms with E-state index < -0.39 is 10.0 Å². The highest BCUT2D eigenvalue weighted by molar-refractivity contribution is 7.88. The first-order chi connectivity index (χ1) is 10.2. The largest absolute Gasteiger partial charge is 0.352 e. The van der Waals surface area contributed by atoms with Crippen LogP contribution in [0.5, 0.6) is 0 Å². The summed E-state index contributed by atoms with van der Waals surface area (Å²) >= 11 is 0. The Balaban J connectivity index is 1.97. The predicted octanol–water partition coefficient (Wildman–Crippen LogP) is 0.120.